The van der Waals surface area contributed by atoms with Crippen molar-refractivity contribution in [1.29, 1.82) is 0 Å². The largest absolute Gasteiger partial charge is 0.398 e. The van der Waals surface area contributed by atoms with E-state index in [1.807, 2.05) is 32.9 Å². The predicted octanol–water partition coefficient (Wildman–Crippen LogP) is 2.61. The summed E-state index contributed by atoms with van der Waals surface area (Å²) in [4.78, 5) is 12.2. The molecule has 1 amide bonds. The summed E-state index contributed by atoms with van der Waals surface area (Å²) in [5.41, 5.74) is 7.81. The summed E-state index contributed by atoms with van der Waals surface area (Å²) in [6.07, 6.45) is 1.66. The van der Waals surface area contributed by atoms with E-state index < -0.39 is 0 Å². The van der Waals surface area contributed by atoms with Crippen LogP contribution < -0.4 is 11.1 Å². The Morgan fingerprint density at radius 3 is 2.79 bits per heavy atom. The van der Waals surface area contributed by atoms with E-state index >= 15 is 0 Å². The van der Waals surface area contributed by atoms with Gasteiger partial charge in [-0.15, -0.1) is 0 Å². The fraction of sp³-hybridized carbons (Fsp3) is 0.286. The number of anilines is 2. The number of para-hydroxylation sites is 1. The number of nitrogens with two attached hydrogens (primary N) is 1. The molecule has 0 radical (unpaired) electrons. The first-order valence-electron chi connectivity index (χ1n) is 6.20. The van der Waals surface area contributed by atoms with Gasteiger partial charge in [0.25, 0.3) is 5.91 Å². The first-order valence-corrected chi connectivity index (χ1v) is 6.20. The number of rotatable bonds is 3. The molecule has 100 valence electrons. The van der Waals surface area contributed by atoms with E-state index in [9.17, 15) is 4.79 Å². The molecule has 1 aromatic heterocycles. The van der Waals surface area contributed by atoms with Gasteiger partial charge in [0.1, 0.15) is 5.82 Å². The first kappa shape index (κ1) is 13.1. The van der Waals surface area contributed by atoms with Gasteiger partial charge < -0.3 is 11.1 Å². The lowest BCUT2D eigenvalue weighted by atomic mass is 10.1. The van der Waals surface area contributed by atoms with Crippen LogP contribution in [0.4, 0.5) is 11.5 Å². The molecule has 0 aliphatic heterocycles. The second-order valence-electron chi connectivity index (χ2n) is 4.75. The van der Waals surface area contributed by atoms with Gasteiger partial charge in [0.2, 0.25) is 0 Å². The number of aromatic nitrogens is 2. The smallest absolute Gasteiger partial charge is 0.258 e. The Bertz CT molecular complexity index is 601. The lowest BCUT2D eigenvalue weighted by Crippen LogP contribution is -2.18. The van der Waals surface area contributed by atoms with E-state index in [0.29, 0.717) is 17.1 Å². The molecule has 5 nitrogen and oxygen atoms in total. The van der Waals surface area contributed by atoms with Crippen LogP contribution in [0, 0.1) is 6.92 Å². The molecule has 1 aromatic carbocycles. The van der Waals surface area contributed by atoms with Crippen LogP contribution in [0.5, 0.6) is 0 Å². The van der Waals surface area contributed by atoms with E-state index in [1.165, 1.54) is 0 Å². The van der Waals surface area contributed by atoms with Crippen LogP contribution in [0.25, 0.3) is 0 Å². The summed E-state index contributed by atoms with van der Waals surface area (Å²) >= 11 is 0. The number of amides is 1. The monoisotopic (exact) mass is 258 g/mol. The third kappa shape index (κ3) is 2.59. The molecule has 0 unspecified atom stereocenters. The Hall–Kier alpha value is -2.30. The highest BCUT2D eigenvalue weighted by atomic mass is 16.1. The van der Waals surface area contributed by atoms with Crippen LogP contribution in [0.15, 0.2) is 30.5 Å². The van der Waals surface area contributed by atoms with Gasteiger partial charge >= 0.3 is 0 Å². The zero-order chi connectivity index (χ0) is 14.0. The van der Waals surface area contributed by atoms with Crippen molar-refractivity contribution in [2.75, 3.05) is 11.1 Å². The van der Waals surface area contributed by atoms with Crippen molar-refractivity contribution in [1.82, 2.24) is 9.78 Å². The molecule has 2 aromatic rings. The lowest BCUT2D eigenvalue weighted by Gasteiger charge is -2.13. The molecule has 0 fully saturated rings. The zero-order valence-corrected chi connectivity index (χ0v) is 11.3. The predicted molar refractivity (Wildman–Crippen MR) is 76.2 cm³/mol. The van der Waals surface area contributed by atoms with Crippen LogP contribution in [-0.2, 0) is 0 Å². The highest BCUT2D eigenvalue weighted by Gasteiger charge is 2.14. The number of carbonyl (C=O) groups is 1. The number of carbonyl (C=O) groups excluding carboxylic acids is 1. The number of nitrogens with one attached hydrogen (secondary N) is 1. The van der Waals surface area contributed by atoms with E-state index in [4.69, 9.17) is 5.73 Å². The molecule has 0 saturated carbocycles. The highest BCUT2D eigenvalue weighted by molar-refractivity contribution is 6.07. The van der Waals surface area contributed by atoms with E-state index in [0.717, 1.165) is 5.56 Å². The van der Waals surface area contributed by atoms with Crippen LogP contribution in [0.2, 0.25) is 0 Å². The third-order valence-corrected chi connectivity index (χ3v) is 2.97. The Kier molecular flexibility index (Phi) is 3.55. The summed E-state index contributed by atoms with van der Waals surface area (Å²) in [5.74, 6) is 0.449. The van der Waals surface area contributed by atoms with E-state index in [-0.39, 0.29) is 11.9 Å². The molecular weight excluding hydrogens is 240 g/mol. The SMILES string of the molecule is Cc1cccc(C(=O)Nc2ccnn2C(C)C)c1N. The molecular formula is C14H18N4O. The molecule has 2 rings (SSSR count). The lowest BCUT2D eigenvalue weighted by molar-refractivity contribution is 0.102. The minimum Gasteiger partial charge on any atom is -0.398 e. The summed E-state index contributed by atoms with van der Waals surface area (Å²) in [6.45, 7) is 5.89. The van der Waals surface area contributed by atoms with Crippen LogP contribution in [0.3, 0.4) is 0 Å². The molecule has 0 aliphatic carbocycles. The number of hydrogen-bond acceptors (Lipinski definition) is 3. The van der Waals surface area contributed by atoms with Crippen LogP contribution in [0.1, 0.15) is 35.8 Å². The summed E-state index contributed by atoms with van der Waals surface area (Å²) < 4.78 is 1.75. The number of nitrogens with zero attached hydrogens (tertiary/aromatic N) is 2. The summed E-state index contributed by atoms with van der Waals surface area (Å²) in [6, 6.07) is 7.36. The first-order chi connectivity index (χ1) is 9.00. The second-order valence-corrected chi connectivity index (χ2v) is 4.75. The molecule has 0 saturated heterocycles. The van der Waals surface area contributed by atoms with Crippen molar-refractivity contribution in [2.45, 2.75) is 26.8 Å². The minimum atomic E-state index is -0.219. The van der Waals surface area contributed by atoms with Crippen molar-refractivity contribution < 1.29 is 4.79 Å². The molecule has 0 spiro atoms. The maximum absolute atomic E-state index is 12.2. The Balaban J connectivity index is 2.26. The van der Waals surface area contributed by atoms with Gasteiger partial charge in [-0.1, -0.05) is 12.1 Å². The minimum absolute atomic E-state index is 0.181. The Labute approximate surface area is 112 Å². The number of benzene rings is 1. The molecule has 0 atom stereocenters. The van der Waals surface area contributed by atoms with Gasteiger partial charge in [0.15, 0.2) is 0 Å². The quantitative estimate of drug-likeness (QED) is 0.831. The van der Waals surface area contributed by atoms with Gasteiger partial charge in [-0.05, 0) is 32.4 Å². The second kappa shape index (κ2) is 5.14. The summed E-state index contributed by atoms with van der Waals surface area (Å²) in [5, 5.41) is 7.01. The Morgan fingerprint density at radius 2 is 2.11 bits per heavy atom. The van der Waals surface area contributed by atoms with Crippen molar-refractivity contribution in [3.63, 3.8) is 0 Å². The highest BCUT2D eigenvalue weighted by Crippen LogP contribution is 2.19. The average Bonchev–Trinajstić information content (AvgIpc) is 2.80. The standard InChI is InChI=1S/C14H18N4O/c1-9(2)18-12(7-8-16-18)17-14(19)11-6-4-5-10(3)13(11)15/h4-9H,15H2,1-3H3,(H,17,19). The van der Waals surface area contributed by atoms with Gasteiger partial charge in [0, 0.05) is 17.8 Å². The van der Waals surface area contributed by atoms with Crippen molar-refractivity contribution in [3.05, 3.63) is 41.6 Å². The Morgan fingerprint density at radius 1 is 1.37 bits per heavy atom. The molecule has 1 heterocycles. The summed E-state index contributed by atoms with van der Waals surface area (Å²) in [7, 11) is 0. The molecule has 5 heteroatoms. The number of hydrogen-bond donors (Lipinski definition) is 2. The molecule has 0 bridgehead atoms. The van der Waals surface area contributed by atoms with Gasteiger partial charge in [-0.25, -0.2) is 4.68 Å². The topological polar surface area (TPSA) is 72.9 Å². The van der Waals surface area contributed by atoms with Crippen molar-refractivity contribution >= 4 is 17.4 Å². The van der Waals surface area contributed by atoms with E-state index in [1.54, 1.807) is 23.0 Å². The zero-order valence-electron chi connectivity index (χ0n) is 11.3. The van der Waals surface area contributed by atoms with Gasteiger partial charge in [0.05, 0.1) is 11.8 Å². The number of aryl methyl sites for hydroxylation is 1. The maximum Gasteiger partial charge on any atom is 0.258 e. The molecule has 3 N–H and O–H groups in total. The fourth-order valence-electron chi connectivity index (χ4n) is 1.89. The molecule has 19 heavy (non-hydrogen) atoms. The normalized spacial score (nSPS) is 10.7. The average molecular weight is 258 g/mol. The fourth-order valence-corrected chi connectivity index (χ4v) is 1.89. The third-order valence-electron chi connectivity index (χ3n) is 2.97. The number of nitrogen functional groups attached to an aromatic ring is 1. The van der Waals surface area contributed by atoms with Crippen molar-refractivity contribution in [3.8, 4) is 0 Å². The van der Waals surface area contributed by atoms with Gasteiger partial charge in [-0.3, -0.25) is 4.79 Å². The van der Waals surface area contributed by atoms with Crippen molar-refractivity contribution in [2.24, 2.45) is 0 Å². The molecule has 0 aliphatic rings. The van der Waals surface area contributed by atoms with Crippen LogP contribution in [-0.4, -0.2) is 15.7 Å². The maximum atomic E-state index is 12.2. The van der Waals surface area contributed by atoms with Gasteiger partial charge in [-0.2, -0.15) is 5.10 Å². The van der Waals surface area contributed by atoms with Crippen LogP contribution >= 0.6 is 0 Å². The van der Waals surface area contributed by atoms with E-state index in [2.05, 4.69) is 10.4 Å².